The summed E-state index contributed by atoms with van der Waals surface area (Å²) in [5.74, 6) is 2.84. The highest BCUT2D eigenvalue weighted by molar-refractivity contribution is 7.99. The molecule has 0 radical (unpaired) electrons. The lowest BCUT2D eigenvalue weighted by Crippen LogP contribution is -2.43. The first-order chi connectivity index (χ1) is 11.7. The summed E-state index contributed by atoms with van der Waals surface area (Å²) in [5, 5.41) is 2.81. The fourth-order valence-electron chi connectivity index (χ4n) is 3.12. The van der Waals surface area contributed by atoms with Crippen LogP contribution in [0.4, 0.5) is 5.82 Å². The quantitative estimate of drug-likeness (QED) is 0.697. The van der Waals surface area contributed by atoms with Crippen molar-refractivity contribution in [1.82, 2.24) is 19.9 Å². The van der Waals surface area contributed by atoms with Crippen LogP contribution in [0, 0.1) is 5.92 Å². The molecule has 7 heteroatoms. The highest BCUT2D eigenvalue weighted by Gasteiger charge is 2.33. The number of nitrogens with one attached hydrogen (secondary N) is 1. The summed E-state index contributed by atoms with van der Waals surface area (Å²) >= 11 is 7.68. The number of nitrogens with zero attached hydrogens (tertiary/aromatic N) is 4. The highest BCUT2D eigenvalue weighted by atomic mass is 35.5. The van der Waals surface area contributed by atoms with Gasteiger partial charge in [-0.25, -0.2) is 15.0 Å². The second kappa shape index (κ2) is 6.61. The van der Waals surface area contributed by atoms with Crippen molar-refractivity contribution in [2.75, 3.05) is 17.7 Å². The van der Waals surface area contributed by atoms with Gasteiger partial charge in [-0.2, -0.15) is 0 Å². The predicted molar refractivity (Wildman–Crippen MR) is 98.8 cm³/mol. The third-order valence-corrected chi connectivity index (χ3v) is 5.99. The van der Waals surface area contributed by atoms with Gasteiger partial charge in [0.05, 0.1) is 15.4 Å². The van der Waals surface area contributed by atoms with E-state index in [-0.39, 0.29) is 0 Å². The standard InChI is InChI=1S/C17H18ClN5S/c1-23(17-14-4-5-19-16(14)21-10-22-17)13-6-11(7-13)9-24-15-3-2-12(18)8-20-15/h2-5,8,10-11,13H,6-7,9H2,1H3,(H,19,21,22)/t11-,13+. The van der Waals surface area contributed by atoms with Crippen LogP contribution in [-0.4, -0.2) is 38.8 Å². The van der Waals surface area contributed by atoms with Gasteiger partial charge in [0.25, 0.3) is 0 Å². The second-order valence-electron chi connectivity index (χ2n) is 6.17. The molecule has 0 aromatic carbocycles. The Morgan fingerprint density at radius 1 is 1.25 bits per heavy atom. The van der Waals surface area contributed by atoms with E-state index in [9.17, 15) is 0 Å². The minimum atomic E-state index is 0.543. The zero-order valence-electron chi connectivity index (χ0n) is 13.3. The van der Waals surface area contributed by atoms with E-state index in [0.29, 0.717) is 11.1 Å². The fraction of sp³-hybridized carbons (Fsp3) is 0.353. The molecule has 0 unspecified atom stereocenters. The molecule has 4 rings (SSSR count). The largest absolute Gasteiger partial charge is 0.356 e. The topological polar surface area (TPSA) is 57.7 Å². The van der Waals surface area contributed by atoms with E-state index in [1.807, 2.05) is 36.2 Å². The summed E-state index contributed by atoms with van der Waals surface area (Å²) < 4.78 is 0. The van der Waals surface area contributed by atoms with E-state index in [0.717, 1.165) is 33.5 Å². The number of hydrogen-bond acceptors (Lipinski definition) is 5. The molecule has 124 valence electrons. The van der Waals surface area contributed by atoms with Crippen LogP contribution >= 0.6 is 23.4 Å². The Balaban J connectivity index is 1.33. The van der Waals surface area contributed by atoms with E-state index in [4.69, 9.17) is 11.6 Å². The number of thioether (sulfide) groups is 1. The maximum atomic E-state index is 5.87. The van der Waals surface area contributed by atoms with Crippen molar-refractivity contribution >= 4 is 40.2 Å². The molecule has 24 heavy (non-hydrogen) atoms. The van der Waals surface area contributed by atoms with E-state index < -0.39 is 0 Å². The maximum absolute atomic E-state index is 5.87. The molecule has 1 aliphatic rings. The van der Waals surface area contributed by atoms with E-state index in [1.54, 1.807) is 12.5 Å². The van der Waals surface area contributed by atoms with Gasteiger partial charge in [0.2, 0.25) is 0 Å². The summed E-state index contributed by atoms with van der Waals surface area (Å²) in [6, 6.07) is 6.46. The van der Waals surface area contributed by atoms with Crippen molar-refractivity contribution in [3.05, 3.63) is 41.9 Å². The van der Waals surface area contributed by atoms with E-state index in [1.165, 1.54) is 12.8 Å². The molecule has 5 nitrogen and oxygen atoms in total. The molecule has 3 heterocycles. The second-order valence-corrected chi connectivity index (χ2v) is 7.64. The number of halogens is 1. The first-order valence-electron chi connectivity index (χ1n) is 7.96. The average Bonchev–Trinajstić information content (AvgIpc) is 3.03. The average molecular weight is 360 g/mol. The zero-order valence-corrected chi connectivity index (χ0v) is 14.9. The Kier molecular flexibility index (Phi) is 4.33. The van der Waals surface area contributed by atoms with Crippen LogP contribution in [0.3, 0.4) is 0 Å². The van der Waals surface area contributed by atoms with E-state index in [2.05, 4.69) is 31.9 Å². The lowest BCUT2D eigenvalue weighted by atomic mass is 9.81. The van der Waals surface area contributed by atoms with Crippen LogP contribution in [0.25, 0.3) is 11.0 Å². The van der Waals surface area contributed by atoms with Crippen LogP contribution in [0.1, 0.15) is 12.8 Å². The minimum absolute atomic E-state index is 0.543. The number of anilines is 1. The molecule has 0 bridgehead atoms. The number of aromatic nitrogens is 4. The summed E-state index contributed by atoms with van der Waals surface area (Å²) in [6.07, 6.45) is 7.62. The SMILES string of the molecule is CN(c1ncnc2[nH]ccc12)[C@H]1C[C@@H](CSc2ccc(Cl)cn2)C1. The molecule has 0 aliphatic heterocycles. The van der Waals surface area contributed by atoms with Gasteiger partial charge in [0.1, 0.15) is 17.8 Å². The molecule has 1 saturated carbocycles. The summed E-state index contributed by atoms with van der Waals surface area (Å²) in [4.78, 5) is 18.5. The third kappa shape index (κ3) is 3.08. The monoisotopic (exact) mass is 359 g/mol. The first kappa shape index (κ1) is 15.7. The normalized spacial score (nSPS) is 20.1. The van der Waals surface area contributed by atoms with Crippen molar-refractivity contribution in [2.45, 2.75) is 23.9 Å². The number of pyridine rings is 1. The number of fused-ring (bicyclic) bond motifs is 1. The first-order valence-corrected chi connectivity index (χ1v) is 9.32. The zero-order chi connectivity index (χ0) is 16.5. The smallest absolute Gasteiger partial charge is 0.142 e. The Bertz CT molecular complexity index is 828. The Hall–Kier alpha value is -1.79. The minimum Gasteiger partial charge on any atom is -0.356 e. The number of aromatic amines is 1. The van der Waals surface area contributed by atoms with Gasteiger partial charge in [-0.3, -0.25) is 0 Å². The molecule has 0 saturated heterocycles. The predicted octanol–water partition coefficient (Wildman–Crippen LogP) is 4.01. The molecule has 3 aromatic heterocycles. The molecule has 1 N–H and O–H groups in total. The fourth-order valence-corrected chi connectivity index (χ4v) is 4.20. The van der Waals surface area contributed by atoms with Crippen LogP contribution in [0.15, 0.2) is 41.9 Å². The lowest BCUT2D eigenvalue weighted by molar-refractivity contribution is 0.286. The number of rotatable bonds is 5. The van der Waals surface area contributed by atoms with Crippen molar-refractivity contribution in [3.8, 4) is 0 Å². The number of hydrogen-bond donors (Lipinski definition) is 1. The van der Waals surface area contributed by atoms with Crippen LogP contribution in [0.2, 0.25) is 5.02 Å². The molecule has 0 spiro atoms. The van der Waals surface area contributed by atoms with Gasteiger partial charge in [0, 0.05) is 31.2 Å². The van der Waals surface area contributed by atoms with Gasteiger partial charge >= 0.3 is 0 Å². The van der Waals surface area contributed by atoms with Gasteiger partial charge < -0.3 is 9.88 Å². The van der Waals surface area contributed by atoms with Crippen molar-refractivity contribution < 1.29 is 0 Å². The Morgan fingerprint density at radius 2 is 2.12 bits per heavy atom. The van der Waals surface area contributed by atoms with Crippen LogP contribution in [0.5, 0.6) is 0 Å². The van der Waals surface area contributed by atoms with Crippen LogP contribution < -0.4 is 4.90 Å². The lowest BCUT2D eigenvalue weighted by Gasteiger charge is -2.41. The molecule has 1 fully saturated rings. The Morgan fingerprint density at radius 3 is 2.92 bits per heavy atom. The van der Waals surface area contributed by atoms with Gasteiger partial charge in [-0.1, -0.05) is 11.6 Å². The Labute approximate surface area is 149 Å². The van der Waals surface area contributed by atoms with E-state index >= 15 is 0 Å². The molecule has 0 atom stereocenters. The van der Waals surface area contributed by atoms with Crippen LogP contribution in [-0.2, 0) is 0 Å². The van der Waals surface area contributed by atoms with Gasteiger partial charge in [0.15, 0.2) is 0 Å². The summed E-state index contributed by atoms with van der Waals surface area (Å²) in [5.41, 5.74) is 0.895. The molecule has 0 amide bonds. The molecular formula is C17H18ClN5S. The summed E-state index contributed by atoms with van der Waals surface area (Å²) in [7, 11) is 2.13. The van der Waals surface area contributed by atoms with Crippen molar-refractivity contribution in [3.63, 3.8) is 0 Å². The molecule has 1 aliphatic carbocycles. The van der Waals surface area contributed by atoms with Crippen molar-refractivity contribution in [1.29, 1.82) is 0 Å². The van der Waals surface area contributed by atoms with Gasteiger partial charge in [-0.05, 0) is 37.0 Å². The molecular weight excluding hydrogens is 342 g/mol. The number of H-pyrrole nitrogens is 1. The maximum Gasteiger partial charge on any atom is 0.142 e. The van der Waals surface area contributed by atoms with Gasteiger partial charge in [-0.15, -0.1) is 11.8 Å². The third-order valence-electron chi connectivity index (χ3n) is 4.59. The highest BCUT2D eigenvalue weighted by Crippen LogP contribution is 2.37. The van der Waals surface area contributed by atoms with Crippen molar-refractivity contribution in [2.24, 2.45) is 5.92 Å². The summed E-state index contributed by atoms with van der Waals surface area (Å²) in [6.45, 7) is 0. The molecule has 3 aromatic rings.